The quantitative estimate of drug-likeness (QED) is 0.539. The zero-order valence-electron chi connectivity index (χ0n) is 14.3. The summed E-state index contributed by atoms with van der Waals surface area (Å²) >= 11 is 0. The number of phenols is 3. The number of aryl methyl sites for hydroxylation is 3. The van der Waals surface area contributed by atoms with Crippen LogP contribution in [0.2, 0.25) is 0 Å². The summed E-state index contributed by atoms with van der Waals surface area (Å²) in [5.41, 5.74) is 3.43. The van der Waals surface area contributed by atoms with Gasteiger partial charge < -0.3 is 15.3 Å². The molecular weight excluding hydrogens is 300 g/mol. The molecule has 0 fully saturated rings. The van der Waals surface area contributed by atoms with E-state index >= 15 is 0 Å². The van der Waals surface area contributed by atoms with Crippen LogP contribution in [-0.2, 0) is 0 Å². The van der Waals surface area contributed by atoms with Crippen molar-refractivity contribution in [1.29, 1.82) is 0 Å². The topological polar surface area (TPSA) is 60.7 Å². The lowest BCUT2D eigenvalue weighted by molar-refractivity contribution is 0.474. The van der Waals surface area contributed by atoms with Crippen molar-refractivity contribution in [2.24, 2.45) is 0 Å². The molecule has 0 aliphatic carbocycles. The summed E-state index contributed by atoms with van der Waals surface area (Å²) in [6.07, 6.45) is 0. The minimum Gasteiger partial charge on any atom is -0.508 e. The molecule has 3 nitrogen and oxygen atoms in total. The Bertz CT molecular complexity index is 614. The van der Waals surface area contributed by atoms with Crippen molar-refractivity contribution < 1.29 is 15.3 Å². The normalized spacial score (nSPS) is 9.12. The molecule has 0 saturated heterocycles. The van der Waals surface area contributed by atoms with Crippen LogP contribution in [0.1, 0.15) is 16.7 Å². The van der Waals surface area contributed by atoms with Crippen LogP contribution in [0.15, 0.2) is 72.8 Å². The molecule has 0 bridgehead atoms. The van der Waals surface area contributed by atoms with Gasteiger partial charge in [-0.2, -0.15) is 0 Å². The molecule has 3 N–H and O–H groups in total. The maximum atomic E-state index is 8.81. The zero-order chi connectivity index (χ0) is 17.9. The number of phenolic OH excluding ortho intramolecular Hbond substituents is 3. The predicted molar refractivity (Wildman–Crippen MR) is 98.5 cm³/mol. The van der Waals surface area contributed by atoms with E-state index in [0.717, 1.165) is 5.56 Å². The van der Waals surface area contributed by atoms with Crippen molar-refractivity contribution in [2.45, 2.75) is 20.8 Å². The van der Waals surface area contributed by atoms with E-state index in [4.69, 9.17) is 15.3 Å². The summed E-state index contributed by atoms with van der Waals surface area (Å²) in [4.78, 5) is 0. The van der Waals surface area contributed by atoms with Crippen LogP contribution in [0.5, 0.6) is 17.2 Å². The van der Waals surface area contributed by atoms with E-state index in [0.29, 0.717) is 17.2 Å². The van der Waals surface area contributed by atoms with Crippen molar-refractivity contribution in [3.63, 3.8) is 0 Å². The largest absolute Gasteiger partial charge is 0.508 e. The molecule has 0 spiro atoms. The Labute approximate surface area is 143 Å². The Morgan fingerprint density at radius 2 is 0.875 bits per heavy atom. The highest BCUT2D eigenvalue weighted by Crippen LogP contribution is 2.09. The molecule has 0 amide bonds. The standard InChI is InChI=1S/3C7H8O/c2*1-6-2-4-7(8)5-3-6;1-6-3-2-4-7(8)5-6/h3*2-5,8H,1H3. The summed E-state index contributed by atoms with van der Waals surface area (Å²) in [5.74, 6) is 0.996. The Kier molecular flexibility index (Phi) is 7.92. The first-order valence-electron chi connectivity index (χ1n) is 7.63. The highest BCUT2D eigenvalue weighted by Gasteiger charge is 1.84. The molecule has 0 atom stereocenters. The summed E-state index contributed by atoms with van der Waals surface area (Å²) in [5, 5.41) is 26.3. The third-order valence-corrected chi connectivity index (χ3v) is 3.07. The minimum atomic E-state index is 0.329. The van der Waals surface area contributed by atoms with Crippen LogP contribution >= 0.6 is 0 Å². The lowest BCUT2D eigenvalue weighted by Crippen LogP contribution is -1.66. The van der Waals surface area contributed by atoms with Gasteiger partial charge in [0.1, 0.15) is 17.2 Å². The fourth-order valence-electron chi connectivity index (χ4n) is 1.72. The third-order valence-electron chi connectivity index (χ3n) is 3.07. The second-order valence-corrected chi connectivity index (χ2v) is 5.51. The number of aromatic hydroxyl groups is 3. The van der Waals surface area contributed by atoms with Crippen molar-refractivity contribution in [2.75, 3.05) is 0 Å². The fraction of sp³-hybridized carbons (Fsp3) is 0.143. The van der Waals surface area contributed by atoms with Crippen LogP contribution in [0.4, 0.5) is 0 Å². The van der Waals surface area contributed by atoms with E-state index in [-0.39, 0.29) is 0 Å². The number of hydrogen-bond donors (Lipinski definition) is 3. The molecule has 3 rings (SSSR count). The minimum absolute atomic E-state index is 0.329. The molecule has 0 radical (unpaired) electrons. The van der Waals surface area contributed by atoms with Gasteiger partial charge in [-0.1, -0.05) is 47.5 Å². The van der Waals surface area contributed by atoms with E-state index in [1.54, 1.807) is 36.4 Å². The molecule has 0 aliphatic rings. The van der Waals surface area contributed by atoms with Gasteiger partial charge in [-0.05, 0) is 62.7 Å². The van der Waals surface area contributed by atoms with Gasteiger partial charge in [0.05, 0.1) is 0 Å². The van der Waals surface area contributed by atoms with Crippen molar-refractivity contribution in [3.05, 3.63) is 89.5 Å². The molecule has 3 aromatic carbocycles. The maximum Gasteiger partial charge on any atom is 0.115 e. The molecular formula is C21H24O3. The molecule has 0 unspecified atom stereocenters. The smallest absolute Gasteiger partial charge is 0.115 e. The Balaban J connectivity index is 0.000000180. The van der Waals surface area contributed by atoms with Gasteiger partial charge in [0.15, 0.2) is 0 Å². The monoisotopic (exact) mass is 324 g/mol. The van der Waals surface area contributed by atoms with Crippen molar-refractivity contribution in [1.82, 2.24) is 0 Å². The first kappa shape index (κ1) is 19.1. The highest BCUT2D eigenvalue weighted by atomic mass is 16.3. The number of hydrogen-bond acceptors (Lipinski definition) is 3. The maximum absolute atomic E-state index is 8.81. The first-order chi connectivity index (χ1) is 11.4. The Morgan fingerprint density at radius 1 is 0.458 bits per heavy atom. The van der Waals surface area contributed by atoms with Gasteiger partial charge in [-0.25, -0.2) is 0 Å². The van der Waals surface area contributed by atoms with Gasteiger partial charge >= 0.3 is 0 Å². The Hall–Kier alpha value is -2.94. The second kappa shape index (κ2) is 9.95. The second-order valence-electron chi connectivity index (χ2n) is 5.51. The zero-order valence-corrected chi connectivity index (χ0v) is 14.3. The average molecular weight is 324 g/mol. The fourth-order valence-corrected chi connectivity index (χ4v) is 1.72. The third kappa shape index (κ3) is 8.49. The van der Waals surface area contributed by atoms with Crippen LogP contribution < -0.4 is 0 Å². The molecule has 3 heteroatoms. The molecule has 0 aromatic heterocycles. The highest BCUT2D eigenvalue weighted by molar-refractivity contribution is 5.26. The van der Waals surface area contributed by atoms with E-state index in [2.05, 4.69) is 0 Å². The van der Waals surface area contributed by atoms with Gasteiger partial charge in [0.25, 0.3) is 0 Å². The van der Waals surface area contributed by atoms with Crippen molar-refractivity contribution >= 4 is 0 Å². The molecule has 126 valence electrons. The van der Waals surface area contributed by atoms with Gasteiger partial charge in [0.2, 0.25) is 0 Å². The van der Waals surface area contributed by atoms with E-state index in [1.165, 1.54) is 11.1 Å². The van der Waals surface area contributed by atoms with Crippen LogP contribution in [0, 0.1) is 20.8 Å². The SMILES string of the molecule is Cc1ccc(O)cc1.Cc1ccc(O)cc1.Cc1cccc(O)c1. The van der Waals surface area contributed by atoms with E-state index in [1.807, 2.05) is 57.2 Å². The van der Waals surface area contributed by atoms with Crippen LogP contribution in [0.25, 0.3) is 0 Å². The number of benzene rings is 3. The summed E-state index contributed by atoms with van der Waals surface area (Å²) in [6.45, 7) is 5.92. The van der Waals surface area contributed by atoms with Gasteiger partial charge in [0, 0.05) is 0 Å². The summed E-state index contributed by atoms with van der Waals surface area (Å²) in [7, 11) is 0. The summed E-state index contributed by atoms with van der Waals surface area (Å²) in [6, 6.07) is 21.3. The van der Waals surface area contributed by atoms with Gasteiger partial charge in [-0.3, -0.25) is 0 Å². The molecule has 0 aliphatic heterocycles. The molecule has 0 saturated carbocycles. The first-order valence-corrected chi connectivity index (χ1v) is 7.63. The molecule has 0 heterocycles. The lowest BCUT2D eigenvalue weighted by atomic mass is 10.2. The van der Waals surface area contributed by atoms with Crippen molar-refractivity contribution in [3.8, 4) is 17.2 Å². The Morgan fingerprint density at radius 3 is 1.12 bits per heavy atom. The van der Waals surface area contributed by atoms with E-state index < -0.39 is 0 Å². The predicted octanol–water partition coefficient (Wildman–Crippen LogP) is 5.10. The molecule has 24 heavy (non-hydrogen) atoms. The van der Waals surface area contributed by atoms with E-state index in [9.17, 15) is 0 Å². The number of rotatable bonds is 0. The van der Waals surface area contributed by atoms with Crippen LogP contribution in [0.3, 0.4) is 0 Å². The van der Waals surface area contributed by atoms with Gasteiger partial charge in [-0.15, -0.1) is 0 Å². The van der Waals surface area contributed by atoms with Crippen LogP contribution in [-0.4, -0.2) is 15.3 Å². The summed E-state index contributed by atoms with van der Waals surface area (Å²) < 4.78 is 0. The lowest BCUT2D eigenvalue weighted by Gasteiger charge is -1.89. The molecule has 3 aromatic rings. The average Bonchev–Trinajstić information content (AvgIpc) is 2.54.